The van der Waals surface area contributed by atoms with Crippen molar-refractivity contribution in [1.82, 2.24) is 4.98 Å². The van der Waals surface area contributed by atoms with Crippen molar-refractivity contribution in [2.45, 2.75) is 6.18 Å². The van der Waals surface area contributed by atoms with Gasteiger partial charge in [0, 0.05) is 30.7 Å². The molecule has 3 rings (SSSR count). The van der Waals surface area contributed by atoms with E-state index in [4.69, 9.17) is 0 Å². The van der Waals surface area contributed by atoms with Crippen molar-refractivity contribution in [2.24, 2.45) is 0 Å². The molecule has 24 heavy (non-hydrogen) atoms. The van der Waals surface area contributed by atoms with Gasteiger partial charge in [-0.3, -0.25) is 14.9 Å². The molecule has 1 aliphatic heterocycles. The summed E-state index contributed by atoms with van der Waals surface area (Å²) in [5.41, 5.74) is -2.84. The minimum atomic E-state index is -4.78. The van der Waals surface area contributed by atoms with Gasteiger partial charge >= 0.3 is 6.18 Å². The van der Waals surface area contributed by atoms with Gasteiger partial charge in [-0.05, 0) is 6.07 Å². The maximum absolute atomic E-state index is 12.9. The van der Waals surface area contributed by atoms with Crippen molar-refractivity contribution in [2.75, 3.05) is 29.5 Å². The molecular weight excluding hydrogens is 367 g/mol. The zero-order chi connectivity index (χ0) is 17.5. The molecule has 0 spiro atoms. The van der Waals surface area contributed by atoms with Crippen LogP contribution < -0.4 is 10.5 Å². The molecule has 0 aliphatic carbocycles. The number of fused-ring (bicyclic) bond motifs is 1. The molecule has 1 saturated heterocycles. The Morgan fingerprint density at radius 2 is 1.92 bits per heavy atom. The molecule has 0 bridgehead atoms. The van der Waals surface area contributed by atoms with Crippen LogP contribution >= 0.6 is 23.1 Å². The molecule has 1 aromatic carbocycles. The number of nitrogens with zero attached hydrogens (tertiary/aromatic N) is 3. The molecule has 128 valence electrons. The van der Waals surface area contributed by atoms with Crippen molar-refractivity contribution in [3.05, 3.63) is 38.2 Å². The Bertz CT molecular complexity index is 863. The first-order valence-electron chi connectivity index (χ1n) is 6.80. The fourth-order valence-corrected chi connectivity index (χ4v) is 4.35. The molecule has 1 aliphatic rings. The monoisotopic (exact) mass is 377 g/mol. The summed E-state index contributed by atoms with van der Waals surface area (Å²) in [7, 11) is 0. The van der Waals surface area contributed by atoms with Crippen LogP contribution in [-0.4, -0.2) is 34.5 Å². The molecule has 0 unspecified atom stereocenters. The number of hydrogen-bond donors (Lipinski definition) is 0. The minimum absolute atomic E-state index is 0.0822. The molecule has 2 heterocycles. The maximum Gasteiger partial charge on any atom is 0.416 e. The van der Waals surface area contributed by atoms with Crippen molar-refractivity contribution in [3.8, 4) is 0 Å². The average Bonchev–Trinajstić information content (AvgIpc) is 2.53. The summed E-state index contributed by atoms with van der Waals surface area (Å²) in [6, 6.07) is 1.10. The van der Waals surface area contributed by atoms with E-state index >= 15 is 0 Å². The van der Waals surface area contributed by atoms with Gasteiger partial charge in [-0.2, -0.15) is 29.9 Å². The molecule has 0 saturated carbocycles. The van der Waals surface area contributed by atoms with Crippen molar-refractivity contribution in [3.63, 3.8) is 0 Å². The average molecular weight is 377 g/mol. The lowest BCUT2D eigenvalue weighted by Crippen LogP contribution is -2.33. The van der Waals surface area contributed by atoms with Gasteiger partial charge in [-0.1, -0.05) is 11.3 Å². The summed E-state index contributed by atoms with van der Waals surface area (Å²) in [5.74, 6) is 1.66. The van der Waals surface area contributed by atoms with Gasteiger partial charge < -0.3 is 4.90 Å². The number of hydrogen-bond acceptors (Lipinski definition) is 7. The zero-order valence-corrected chi connectivity index (χ0v) is 13.6. The van der Waals surface area contributed by atoms with E-state index in [0.717, 1.165) is 22.8 Å². The summed E-state index contributed by atoms with van der Waals surface area (Å²) in [6.07, 6.45) is -4.78. The van der Waals surface area contributed by atoms with Gasteiger partial charge in [-0.15, -0.1) is 0 Å². The first-order chi connectivity index (χ1) is 11.3. The van der Waals surface area contributed by atoms with Crippen LogP contribution in [0, 0.1) is 10.1 Å². The molecule has 1 aromatic heterocycles. The van der Waals surface area contributed by atoms with E-state index in [1.165, 1.54) is 0 Å². The maximum atomic E-state index is 12.9. The number of halogens is 3. The van der Waals surface area contributed by atoms with Gasteiger partial charge in [-0.25, -0.2) is 0 Å². The number of anilines is 1. The van der Waals surface area contributed by atoms with Crippen LogP contribution in [0.4, 0.5) is 24.0 Å². The number of aromatic nitrogens is 1. The minimum Gasteiger partial charge on any atom is -0.346 e. The van der Waals surface area contributed by atoms with Gasteiger partial charge in [0.25, 0.3) is 11.2 Å². The summed E-state index contributed by atoms with van der Waals surface area (Å²) in [6.45, 7) is 1.26. The molecule has 6 nitrogen and oxygen atoms in total. The number of thioether (sulfide) groups is 1. The van der Waals surface area contributed by atoms with Crippen LogP contribution in [-0.2, 0) is 6.18 Å². The third-order valence-electron chi connectivity index (χ3n) is 3.50. The summed E-state index contributed by atoms with van der Waals surface area (Å²) in [4.78, 5) is 28.1. The van der Waals surface area contributed by atoms with Gasteiger partial charge in [0.2, 0.25) is 0 Å². The summed E-state index contributed by atoms with van der Waals surface area (Å²) in [5, 5.41) is 11.1. The highest BCUT2D eigenvalue weighted by molar-refractivity contribution is 7.99. The van der Waals surface area contributed by atoms with E-state index in [2.05, 4.69) is 4.98 Å². The molecule has 1 fully saturated rings. The normalized spacial score (nSPS) is 15.7. The number of non-ortho nitro benzene ring substituents is 1. The molecule has 0 radical (unpaired) electrons. The third kappa shape index (κ3) is 3.18. The lowest BCUT2D eigenvalue weighted by molar-refractivity contribution is -0.383. The Morgan fingerprint density at radius 3 is 2.50 bits per heavy atom. The van der Waals surface area contributed by atoms with Gasteiger partial charge in [0.05, 0.1) is 15.9 Å². The lowest BCUT2D eigenvalue weighted by atomic mass is 10.1. The van der Waals surface area contributed by atoms with Gasteiger partial charge in [0.15, 0.2) is 5.13 Å². The van der Waals surface area contributed by atoms with Crippen molar-refractivity contribution < 1.29 is 18.1 Å². The number of nitro groups is 1. The Balaban J connectivity index is 2.24. The predicted octanol–water partition coefficient (Wildman–Crippen LogP) is 3.14. The topological polar surface area (TPSA) is 76.3 Å². The lowest BCUT2D eigenvalue weighted by Gasteiger charge is -2.26. The smallest absolute Gasteiger partial charge is 0.346 e. The second-order valence-electron chi connectivity index (χ2n) is 5.03. The highest BCUT2D eigenvalue weighted by Crippen LogP contribution is 2.38. The van der Waals surface area contributed by atoms with Crippen LogP contribution in [0.3, 0.4) is 0 Å². The second kappa shape index (κ2) is 6.20. The largest absolute Gasteiger partial charge is 0.416 e. The van der Waals surface area contributed by atoms with Crippen LogP contribution in [0.5, 0.6) is 0 Å². The van der Waals surface area contributed by atoms with E-state index in [1.807, 2.05) is 4.90 Å². The van der Waals surface area contributed by atoms with E-state index in [-0.39, 0.29) is 10.1 Å². The highest BCUT2D eigenvalue weighted by atomic mass is 32.2. The van der Waals surface area contributed by atoms with E-state index < -0.39 is 27.9 Å². The fraction of sp³-hybridized carbons (Fsp3) is 0.385. The quantitative estimate of drug-likeness (QED) is 0.591. The molecular formula is C13H10F3N3O3S2. The van der Waals surface area contributed by atoms with Crippen molar-refractivity contribution in [1.29, 1.82) is 0 Å². The van der Waals surface area contributed by atoms with E-state index in [9.17, 15) is 28.1 Å². The summed E-state index contributed by atoms with van der Waals surface area (Å²) >= 11 is 2.62. The highest BCUT2D eigenvalue weighted by Gasteiger charge is 2.34. The Morgan fingerprint density at radius 1 is 1.25 bits per heavy atom. The molecule has 0 N–H and O–H groups in total. The van der Waals surface area contributed by atoms with E-state index in [1.54, 1.807) is 11.8 Å². The molecule has 11 heteroatoms. The number of benzene rings is 1. The van der Waals surface area contributed by atoms with E-state index in [0.29, 0.717) is 30.4 Å². The zero-order valence-electron chi connectivity index (χ0n) is 12.0. The SMILES string of the molecule is O=c1nc(N2CCSCC2)sc2c([N+](=O)[O-])cc(C(F)(F)F)cc12. The van der Waals surface area contributed by atoms with Crippen LogP contribution in [0.2, 0.25) is 0 Å². The third-order valence-corrected chi connectivity index (χ3v) is 5.60. The standard InChI is InChI=1S/C13H10F3N3O3S2/c14-13(15,16)7-5-8-10(9(6-7)19(21)22)24-12(17-11(8)20)18-1-3-23-4-2-18/h5-6H,1-4H2. The number of nitro benzene ring substituents is 1. The number of alkyl halides is 3. The van der Waals surface area contributed by atoms with Crippen molar-refractivity contribution >= 4 is 44.0 Å². The molecule has 0 amide bonds. The Kier molecular flexibility index (Phi) is 4.38. The first-order valence-corrected chi connectivity index (χ1v) is 8.77. The summed E-state index contributed by atoms with van der Waals surface area (Å²) < 4.78 is 38.6. The second-order valence-corrected chi connectivity index (χ2v) is 7.23. The molecule has 2 aromatic rings. The van der Waals surface area contributed by atoms with Crippen LogP contribution in [0.1, 0.15) is 5.56 Å². The Hall–Kier alpha value is -1.88. The molecule has 0 atom stereocenters. The Labute approximate surface area is 141 Å². The van der Waals surface area contributed by atoms with Crippen LogP contribution in [0.25, 0.3) is 10.1 Å². The first kappa shape index (κ1) is 17.0. The fourth-order valence-electron chi connectivity index (χ4n) is 2.33. The van der Waals surface area contributed by atoms with Crippen LogP contribution in [0.15, 0.2) is 16.9 Å². The van der Waals surface area contributed by atoms with Gasteiger partial charge in [0.1, 0.15) is 4.70 Å². The predicted molar refractivity (Wildman–Crippen MR) is 87.1 cm³/mol. The number of rotatable bonds is 2.